The first-order chi connectivity index (χ1) is 13.1. The molecular formula is C21H27N3O2S. The maximum atomic E-state index is 12.7. The van der Waals surface area contributed by atoms with Crippen molar-refractivity contribution >= 4 is 28.6 Å². The van der Waals surface area contributed by atoms with E-state index < -0.39 is 0 Å². The molecule has 0 radical (unpaired) electrons. The molecule has 1 aromatic heterocycles. The molecule has 0 saturated heterocycles. The van der Waals surface area contributed by atoms with Gasteiger partial charge in [-0.25, -0.2) is 4.98 Å². The summed E-state index contributed by atoms with van der Waals surface area (Å²) in [5.74, 6) is -0.0125. The van der Waals surface area contributed by atoms with Crippen molar-refractivity contribution in [3.63, 3.8) is 0 Å². The van der Waals surface area contributed by atoms with E-state index in [4.69, 9.17) is 0 Å². The van der Waals surface area contributed by atoms with Gasteiger partial charge in [0.05, 0.1) is 16.2 Å². The number of amides is 1. The van der Waals surface area contributed by atoms with Crippen LogP contribution in [0.2, 0.25) is 0 Å². The monoisotopic (exact) mass is 385 g/mol. The fraction of sp³-hybridized carbons (Fsp3) is 0.476. The summed E-state index contributed by atoms with van der Waals surface area (Å²) in [6.07, 6.45) is 8.10. The summed E-state index contributed by atoms with van der Waals surface area (Å²) in [5.41, 5.74) is 2.08. The third-order valence-corrected chi connectivity index (χ3v) is 6.01. The summed E-state index contributed by atoms with van der Waals surface area (Å²) in [4.78, 5) is 29.8. The van der Waals surface area contributed by atoms with Crippen molar-refractivity contribution in [1.82, 2.24) is 14.9 Å². The molecule has 1 amide bonds. The Hall–Kier alpha value is -2.08. The molecule has 1 atom stereocenters. The molecule has 1 heterocycles. The number of hydrogen-bond donors (Lipinski definition) is 1. The molecule has 1 aliphatic rings. The number of aromatic nitrogens is 2. The van der Waals surface area contributed by atoms with Crippen LogP contribution in [0.1, 0.15) is 46.0 Å². The second-order valence-electron chi connectivity index (χ2n) is 6.87. The van der Waals surface area contributed by atoms with Crippen LogP contribution in [0.25, 0.3) is 10.9 Å². The van der Waals surface area contributed by atoms with E-state index in [0.717, 1.165) is 19.3 Å². The normalized spacial score (nSPS) is 15.4. The van der Waals surface area contributed by atoms with Crippen molar-refractivity contribution in [2.75, 3.05) is 6.54 Å². The molecule has 144 valence electrons. The number of thioether (sulfide) groups is 1. The number of fused-ring (bicyclic) bond motifs is 1. The molecule has 3 rings (SSSR count). The first-order valence-electron chi connectivity index (χ1n) is 9.72. The van der Waals surface area contributed by atoms with Gasteiger partial charge in [-0.15, -0.1) is 0 Å². The van der Waals surface area contributed by atoms with Crippen LogP contribution in [0.3, 0.4) is 0 Å². The van der Waals surface area contributed by atoms with E-state index in [1.54, 1.807) is 10.6 Å². The number of carbonyl (C=O) groups is 1. The standard InChI is InChI=1S/C21H27N3O2S/c1-3-24-20(26)17-11-7-8-12-18(17)23-21(24)27-15(2)19(25)22-14-13-16-9-5-4-6-10-16/h7-9,11-12,15H,3-6,10,13-14H2,1-2H3,(H,22,25)/t15-/m0/s1. The molecule has 0 unspecified atom stereocenters. The van der Waals surface area contributed by atoms with Crippen molar-refractivity contribution < 1.29 is 4.79 Å². The van der Waals surface area contributed by atoms with Gasteiger partial charge in [0, 0.05) is 13.1 Å². The lowest BCUT2D eigenvalue weighted by Gasteiger charge is -2.16. The zero-order valence-electron chi connectivity index (χ0n) is 16.0. The minimum atomic E-state index is -0.309. The molecule has 6 heteroatoms. The number of benzene rings is 1. The van der Waals surface area contributed by atoms with Crippen LogP contribution >= 0.6 is 11.8 Å². The van der Waals surface area contributed by atoms with Crippen molar-refractivity contribution in [3.8, 4) is 0 Å². The number of para-hydroxylation sites is 1. The smallest absolute Gasteiger partial charge is 0.262 e. The van der Waals surface area contributed by atoms with Gasteiger partial charge in [0.2, 0.25) is 5.91 Å². The van der Waals surface area contributed by atoms with E-state index in [2.05, 4.69) is 16.4 Å². The van der Waals surface area contributed by atoms with E-state index in [9.17, 15) is 9.59 Å². The Morgan fingerprint density at radius 2 is 2.15 bits per heavy atom. The summed E-state index contributed by atoms with van der Waals surface area (Å²) < 4.78 is 1.64. The lowest BCUT2D eigenvalue weighted by Crippen LogP contribution is -2.33. The number of allylic oxidation sites excluding steroid dienone is 1. The Labute approximate surface area is 164 Å². The maximum Gasteiger partial charge on any atom is 0.262 e. The highest BCUT2D eigenvalue weighted by molar-refractivity contribution is 8.00. The highest BCUT2D eigenvalue weighted by Gasteiger charge is 2.18. The molecule has 27 heavy (non-hydrogen) atoms. The average molecular weight is 386 g/mol. The fourth-order valence-electron chi connectivity index (χ4n) is 3.35. The molecule has 0 fully saturated rings. The lowest BCUT2D eigenvalue weighted by atomic mass is 9.97. The van der Waals surface area contributed by atoms with Crippen LogP contribution in [0.5, 0.6) is 0 Å². The van der Waals surface area contributed by atoms with Crippen LogP contribution in [-0.2, 0) is 11.3 Å². The van der Waals surface area contributed by atoms with Gasteiger partial charge in [-0.3, -0.25) is 14.2 Å². The quantitative estimate of drug-likeness (QED) is 0.446. The van der Waals surface area contributed by atoms with Crippen LogP contribution in [-0.4, -0.2) is 27.3 Å². The predicted octanol–water partition coefficient (Wildman–Crippen LogP) is 3.90. The minimum absolute atomic E-state index is 0.0125. The Bertz CT molecular complexity index is 904. The van der Waals surface area contributed by atoms with E-state index >= 15 is 0 Å². The molecule has 1 N–H and O–H groups in total. The summed E-state index contributed by atoms with van der Waals surface area (Å²) in [6, 6.07) is 7.34. The topological polar surface area (TPSA) is 64.0 Å². The van der Waals surface area contributed by atoms with Crippen molar-refractivity contribution in [2.45, 2.75) is 62.9 Å². The number of hydrogen-bond acceptors (Lipinski definition) is 4. The number of rotatable bonds is 7. The molecule has 0 bridgehead atoms. The fourth-order valence-corrected chi connectivity index (χ4v) is 4.35. The van der Waals surface area contributed by atoms with Gasteiger partial charge in [-0.2, -0.15) is 0 Å². The van der Waals surface area contributed by atoms with Gasteiger partial charge < -0.3 is 5.32 Å². The van der Waals surface area contributed by atoms with Gasteiger partial charge in [0.15, 0.2) is 5.16 Å². The molecule has 1 aliphatic carbocycles. The van der Waals surface area contributed by atoms with E-state index in [1.165, 1.54) is 30.2 Å². The van der Waals surface area contributed by atoms with E-state index in [1.807, 2.05) is 32.0 Å². The summed E-state index contributed by atoms with van der Waals surface area (Å²) in [5, 5.41) is 3.92. The van der Waals surface area contributed by atoms with Crippen molar-refractivity contribution in [1.29, 1.82) is 0 Å². The molecule has 0 saturated carbocycles. The zero-order valence-corrected chi connectivity index (χ0v) is 16.8. The van der Waals surface area contributed by atoms with Gasteiger partial charge >= 0.3 is 0 Å². The Morgan fingerprint density at radius 3 is 2.89 bits per heavy atom. The second-order valence-corrected chi connectivity index (χ2v) is 8.18. The molecule has 1 aromatic carbocycles. The molecule has 0 aliphatic heterocycles. The third kappa shape index (κ3) is 4.80. The van der Waals surface area contributed by atoms with Crippen LogP contribution in [0.4, 0.5) is 0 Å². The molecule has 5 nitrogen and oxygen atoms in total. The van der Waals surface area contributed by atoms with Crippen LogP contribution in [0.15, 0.2) is 45.9 Å². The predicted molar refractivity (Wildman–Crippen MR) is 111 cm³/mol. The number of carbonyl (C=O) groups excluding carboxylic acids is 1. The van der Waals surface area contributed by atoms with Gasteiger partial charge in [0.1, 0.15) is 0 Å². The summed E-state index contributed by atoms with van der Waals surface area (Å²) in [6.45, 7) is 4.98. The Morgan fingerprint density at radius 1 is 1.33 bits per heavy atom. The minimum Gasteiger partial charge on any atom is -0.355 e. The van der Waals surface area contributed by atoms with Crippen molar-refractivity contribution in [3.05, 3.63) is 46.3 Å². The Kier molecular flexibility index (Phi) is 6.72. The SMILES string of the molecule is CCn1c(S[C@@H](C)C(=O)NCCC2=CCCCC2)nc2ccccc2c1=O. The largest absolute Gasteiger partial charge is 0.355 e. The van der Waals surface area contributed by atoms with Crippen LogP contribution < -0.4 is 10.9 Å². The first kappa shape index (κ1) is 19.7. The van der Waals surface area contributed by atoms with Gasteiger partial charge in [-0.1, -0.05) is 35.5 Å². The molecule has 0 spiro atoms. The molecule has 2 aromatic rings. The second kappa shape index (κ2) is 9.22. The highest BCUT2D eigenvalue weighted by Crippen LogP contribution is 2.23. The molecular weight excluding hydrogens is 358 g/mol. The highest BCUT2D eigenvalue weighted by atomic mass is 32.2. The average Bonchev–Trinajstić information content (AvgIpc) is 2.69. The van der Waals surface area contributed by atoms with Crippen LogP contribution in [0, 0.1) is 0 Å². The number of nitrogens with one attached hydrogen (secondary N) is 1. The first-order valence-corrected chi connectivity index (χ1v) is 10.6. The number of nitrogens with zero attached hydrogens (tertiary/aromatic N) is 2. The van der Waals surface area contributed by atoms with E-state index in [-0.39, 0.29) is 16.7 Å². The van der Waals surface area contributed by atoms with Gasteiger partial charge in [-0.05, 0) is 58.1 Å². The zero-order chi connectivity index (χ0) is 19.2. The van der Waals surface area contributed by atoms with E-state index in [0.29, 0.717) is 29.1 Å². The maximum absolute atomic E-state index is 12.7. The third-order valence-electron chi connectivity index (χ3n) is 4.92. The lowest BCUT2D eigenvalue weighted by molar-refractivity contribution is -0.120. The summed E-state index contributed by atoms with van der Waals surface area (Å²) in [7, 11) is 0. The van der Waals surface area contributed by atoms with Crippen molar-refractivity contribution in [2.24, 2.45) is 0 Å². The Balaban J connectivity index is 1.66. The van der Waals surface area contributed by atoms with Gasteiger partial charge in [0.25, 0.3) is 5.56 Å². The summed E-state index contributed by atoms with van der Waals surface area (Å²) >= 11 is 1.34.